The molecule has 228 valence electrons. The van der Waals surface area contributed by atoms with Gasteiger partial charge in [0.2, 0.25) is 0 Å². The number of carbonyl (C=O) groups excluding carboxylic acids is 2. The number of benzene rings is 4. The van der Waals surface area contributed by atoms with E-state index in [2.05, 4.69) is 59.5 Å². The molecular weight excluding hydrogens is 558 g/mol. The molecule has 0 spiro atoms. The molecule has 7 rings (SSSR count). The van der Waals surface area contributed by atoms with Crippen LogP contribution in [-0.2, 0) is 22.6 Å². The van der Waals surface area contributed by atoms with Crippen LogP contribution in [0.15, 0.2) is 114 Å². The normalized spacial score (nSPS) is 17.0. The molecular formula is C40H39NO4. The summed E-state index contributed by atoms with van der Waals surface area (Å²) in [7, 11) is 0. The Morgan fingerprint density at radius 3 is 2.13 bits per heavy atom. The van der Waals surface area contributed by atoms with Gasteiger partial charge >= 0.3 is 0 Å². The highest BCUT2D eigenvalue weighted by Crippen LogP contribution is 2.50. The van der Waals surface area contributed by atoms with Gasteiger partial charge in [0, 0.05) is 47.8 Å². The summed E-state index contributed by atoms with van der Waals surface area (Å²) in [5.41, 5.74) is 7.10. The van der Waals surface area contributed by atoms with Crippen LogP contribution >= 0.6 is 0 Å². The highest BCUT2D eigenvalue weighted by molar-refractivity contribution is 6.06. The average Bonchev–Trinajstić information content (AvgIpc) is 3.07. The molecule has 2 aliphatic carbocycles. The third-order valence-electron chi connectivity index (χ3n) is 9.42. The van der Waals surface area contributed by atoms with Crippen LogP contribution < -0.4 is 9.47 Å². The number of hydrogen-bond donors (Lipinski definition) is 0. The molecule has 3 aliphatic rings. The molecule has 0 N–H and O–H groups in total. The minimum absolute atomic E-state index is 0.158. The predicted molar refractivity (Wildman–Crippen MR) is 177 cm³/mol. The lowest BCUT2D eigenvalue weighted by Crippen LogP contribution is -2.39. The zero-order valence-electron chi connectivity index (χ0n) is 25.9. The lowest BCUT2D eigenvalue weighted by Gasteiger charge is -2.44. The van der Waals surface area contributed by atoms with Gasteiger partial charge in [0.05, 0.1) is 6.61 Å². The van der Waals surface area contributed by atoms with E-state index < -0.39 is 0 Å². The minimum atomic E-state index is -0.380. The zero-order valence-corrected chi connectivity index (χ0v) is 25.9. The molecule has 5 heteroatoms. The maximum absolute atomic E-state index is 13.8. The topological polar surface area (TPSA) is 55.8 Å². The Labute approximate surface area is 265 Å². The van der Waals surface area contributed by atoms with Crippen molar-refractivity contribution in [1.29, 1.82) is 0 Å². The molecule has 1 aliphatic heterocycles. The van der Waals surface area contributed by atoms with Crippen LogP contribution in [-0.4, -0.2) is 29.6 Å². The Balaban J connectivity index is 1.26. The first-order valence-corrected chi connectivity index (χ1v) is 16.3. The molecule has 0 atom stereocenters. The van der Waals surface area contributed by atoms with E-state index in [-0.39, 0.29) is 17.5 Å². The van der Waals surface area contributed by atoms with Crippen LogP contribution in [0.2, 0.25) is 0 Å². The van der Waals surface area contributed by atoms with E-state index in [1.54, 1.807) is 0 Å². The van der Waals surface area contributed by atoms with E-state index >= 15 is 0 Å². The van der Waals surface area contributed by atoms with Crippen molar-refractivity contribution in [3.63, 3.8) is 0 Å². The average molecular weight is 598 g/mol. The summed E-state index contributed by atoms with van der Waals surface area (Å²) in [4.78, 5) is 29.9. The molecule has 0 amide bonds. The summed E-state index contributed by atoms with van der Waals surface area (Å²) >= 11 is 0. The van der Waals surface area contributed by atoms with Crippen molar-refractivity contribution in [3.05, 3.63) is 130 Å². The van der Waals surface area contributed by atoms with Crippen molar-refractivity contribution in [2.75, 3.05) is 13.2 Å². The molecule has 0 saturated heterocycles. The summed E-state index contributed by atoms with van der Waals surface area (Å²) in [6.07, 6.45) is 5.27. The van der Waals surface area contributed by atoms with Gasteiger partial charge in [0.15, 0.2) is 23.1 Å². The van der Waals surface area contributed by atoms with Crippen LogP contribution in [0.25, 0.3) is 10.8 Å². The van der Waals surface area contributed by atoms with Crippen LogP contribution in [0.5, 0.6) is 11.5 Å². The van der Waals surface area contributed by atoms with Gasteiger partial charge in [-0.15, -0.1) is 0 Å². The van der Waals surface area contributed by atoms with Gasteiger partial charge in [-0.05, 0) is 78.6 Å². The van der Waals surface area contributed by atoms with Crippen molar-refractivity contribution in [1.82, 2.24) is 4.90 Å². The van der Waals surface area contributed by atoms with E-state index in [4.69, 9.17) is 9.47 Å². The van der Waals surface area contributed by atoms with Crippen LogP contribution in [0.4, 0.5) is 0 Å². The van der Waals surface area contributed by atoms with Crippen molar-refractivity contribution < 1.29 is 19.1 Å². The highest BCUT2D eigenvalue weighted by Gasteiger charge is 2.43. The fourth-order valence-electron chi connectivity index (χ4n) is 7.37. The Hall–Kier alpha value is -4.64. The van der Waals surface area contributed by atoms with Crippen LogP contribution in [0.1, 0.15) is 68.1 Å². The van der Waals surface area contributed by atoms with Crippen LogP contribution in [0.3, 0.4) is 0 Å². The number of carbonyl (C=O) groups is 2. The van der Waals surface area contributed by atoms with Gasteiger partial charge in [-0.25, -0.2) is 0 Å². The number of rotatable bonds is 9. The smallest absolute Gasteiger partial charge is 0.161 e. The zero-order chi connectivity index (χ0) is 30.8. The van der Waals surface area contributed by atoms with Crippen molar-refractivity contribution in [3.8, 4) is 11.5 Å². The maximum Gasteiger partial charge on any atom is 0.161 e. The van der Waals surface area contributed by atoms with Crippen LogP contribution in [0, 0.1) is 0 Å². The fourth-order valence-corrected chi connectivity index (χ4v) is 7.37. The van der Waals surface area contributed by atoms with Crippen molar-refractivity contribution >= 4 is 22.3 Å². The number of fused-ring (bicyclic) bond motifs is 1. The Morgan fingerprint density at radius 1 is 0.711 bits per heavy atom. The first kappa shape index (κ1) is 29.1. The van der Waals surface area contributed by atoms with E-state index in [0.29, 0.717) is 37.6 Å². The molecule has 1 heterocycles. The van der Waals surface area contributed by atoms with Gasteiger partial charge in [-0.2, -0.15) is 0 Å². The summed E-state index contributed by atoms with van der Waals surface area (Å²) in [6.45, 7) is 3.61. The highest BCUT2D eigenvalue weighted by atomic mass is 16.5. The first-order chi connectivity index (χ1) is 22.1. The molecule has 0 unspecified atom stereocenters. The predicted octanol–water partition coefficient (Wildman–Crippen LogP) is 8.47. The Morgan fingerprint density at radius 2 is 1.40 bits per heavy atom. The maximum atomic E-state index is 13.8. The molecule has 4 aromatic rings. The molecule has 0 aromatic heterocycles. The van der Waals surface area contributed by atoms with Gasteiger partial charge in [0.1, 0.15) is 6.61 Å². The largest absolute Gasteiger partial charge is 0.490 e. The SMILES string of the molecule is CCOc1cc(C2C3=C(CCCC3=O)N(CCc3ccccc3)C3=C2C(=O)CCC3)ccc1OCc1cccc2ccccc12. The molecule has 45 heavy (non-hydrogen) atoms. The fraction of sp³-hybridized carbons (Fsp3) is 0.300. The Bertz CT molecular complexity index is 1770. The number of allylic oxidation sites excluding steroid dienone is 4. The third kappa shape index (κ3) is 5.68. The number of ether oxygens (including phenoxy) is 2. The standard InChI is InChI=1S/C40H39NO4/c1-2-44-37-25-29(21-22-36(37)45-26-30-15-8-14-28-13-6-7-16-31(28)30)38-39-32(17-9-19-34(39)42)41(24-23-27-11-4-3-5-12-27)33-18-10-20-35(43)40(33)38/h3-8,11-16,21-22,25,38H,2,9-10,17-20,23-24,26H2,1H3. The van der Waals surface area contributed by atoms with E-state index in [1.807, 2.05) is 43.3 Å². The van der Waals surface area contributed by atoms with Gasteiger partial charge in [0.25, 0.3) is 0 Å². The Kier molecular flexibility index (Phi) is 8.25. The van der Waals surface area contributed by atoms with Crippen molar-refractivity contribution in [2.24, 2.45) is 0 Å². The number of hydrogen-bond acceptors (Lipinski definition) is 5. The lowest BCUT2D eigenvalue weighted by molar-refractivity contribution is -0.117. The lowest BCUT2D eigenvalue weighted by atomic mass is 9.71. The number of nitrogens with zero attached hydrogens (tertiary/aromatic N) is 1. The first-order valence-electron chi connectivity index (χ1n) is 16.3. The molecule has 0 bridgehead atoms. The second-order valence-electron chi connectivity index (χ2n) is 12.2. The number of Topliss-reactive ketones (excluding diaryl/α,β-unsaturated/α-hetero) is 2. The van der Waals surface area contributed by atoms with E-state index in [9.17, 15) is 9.59 Å². The third-order valence-corrected chi connectivity index (χ3v) is 9.42. The second kappa shape index (κ2) is 12.8. The molecule has 0 saturated carbocycles. The van der Waals surface area contributed by atoms with Gasteiger partial charge in [-0.1, -0.05) is 78.9 Å². The molecule has 4 aromatic carbocycles. The molecule has 5 nitrogen and oxygen atoms in total. The second-order valence-corrected chi connectivity index (χ2v) is 12.2. The summed E-state index contributed by atoms with van der Waals surface area (Å²) < 4.78 is 12.5. The minimum Gasteiger partial charge on any atom is -0.490 e. The summed E-state index contributed by atoms with van der Waals surface area (Å²) in [5, 5.41) is 2.34. The van der Waals surface area contributed by atoms with E-state index in [1.165, 1.54) is 16.3 Å². The number of ketones is 2. The monoisotopic (exact) mass is 597 g/mol. The molecule has 0 radical (unpaired) electrons. The van der Waals surface area contributed by atoms with Gasteiger partial charge in [-0.3, -0.25) is 9.59 Å². The van der Waals surface area contributed by atoms with Gasteiger partial charge < -0.3 is 14.4 Å². The summed E-state index contributed by atoms with van der Waals surface area (Å²) in [5.74, 6) is 1.23. The molecule has 0 fully saturated rings. The van der Waals surface area contributed by atoms with E-state index in [0.717, 1.165) is 72.3 Å². The summed E-state index contributed by atoms with van der Waals surface area (Å²) in [6, 6.07) is 31.0. The van der Waals surface area contributed by atoms with Crippen molar-refractivity contribution in [2.45, 2.75) is 64.4 Å². The quantitative estimate of drug-likeness (QED) is 0.194.